The monoisotopic (exact) mass is 1170 g/mol. The van der Waals surface area contributed by atoms with Crippen molar-refractivity contribution in [1.29, 1.82) is 0 Å². The van der Waals surface area contributed by atoms with Crippen LogP contribution in [0.15, 0.2) is 170 Å². The number of hydrogen-bond acceptors (Lipinski definition) is 3. The van der Waals surface area contributed by atoms with Gasteiger partial charge >= 0.3 is 0 Å². The maximum atomic E-state index is 12.8. The number of aromatic hydroxyl groups is 1. The van der Waals surface area contributed by atoms with Gasteiger partial charge in [-0.1, -0.05) is 191 Å². The zero-order valence-corrected chi connectivity index (χ0v) is 48.0. The molecule has 76 heavy (non-hydrogen) atoms. The number of rotatable bonds is 6. The zero-order valence-electron chi connectivity index (χ0n) is 45.7. The number of hydrogen-bond donors (Lipinski definition) is 1. The van der Waals surface area contributed by atoms with E-state index in [2.05, 4.69) is 256 Å². The van der Waals surface area contributed by atoms with E-state index in [0.29, 0.717) is 11.4 Å². The van der Waals surface area contributed by atoms with Crippen LogP contribution in [-0.2, 0) is 42.7 Å². The summed E-state index contributed by atoms with van der Waals surface area (Å²) < 4.78 is 4.76. The van der Waals surface area contributed by atoms with E-state index in [1.165, 1.54) is 54.8 Å². The van der Waals surface area contributed by atoms with Crippen molar-refractivity contribution < 1.29 is 26.2 Å². The van der Waals surface area contributed by atoms with Crippen molar-refractivity contribution in [2.75, 3.05) is 0 Å². The molecule has 5 nitrogen and oxygen atoms in total. The van der Waals surface area contributed by atoms with Crippen LogP contribution in [0.2, 0.25) is 0 Å². The first-order valence-corrected chi connectivity index (χ1v) is 26.5. The second-order valence-electron chi connectivity index (χ2n) is 24.9. The normalized spacial score (nSPS) is 12.7. The molecule has 0 amide bonds. The third-order valence-corrected chi connectivity index (χ3v) is 15.5. The Morgan fingerprint density at radius 2 is 1.03 bits per heavy atom. The largest absolute Gasteiger partial charge is 0.507 e. The van der Waals surface area contributed by atoms with Gasteiger partial charge in [0.05, 0.1) is 38.8 Å². The van der Waals surface area contributed by atoms with E-state index in [4.69, 9.17) is 9.97 Å². The summed E-state index contributed by atoms with van der Waals surface area (Å²) in [5.74, 6) is 0.939. The molecule has 0 bridgehead atoms. The molecule has 12 aromatic rings. The summed E-state index contributed by atoms with van der Waals surface area (Å²) in [5.41, 5.74) is 18.8. The van der Waals surface area contributed by atoms with Crippen LogP contribution in [0, 0.1) is 6.07 Å². The molecular formula is C70H65N4OPt-. The van der Waals surface area contributed by atoms with Crippen molar-refractivity contribution in [3.05, 3.63) is 198 Å². The van der Waals surface area contributed by atoms with Crippen LogP contribution >= 0.6 is 0 Å². The standard InChI is InChI=1S/C70H65N4O.Pt/c1-67(2,3)48-34-46(33-47(35-48)58-39-44(31-32-71-58)42-21-14-13-15-22-42)50-25-20-28-62-63(50)72-66(55-40-49(68(4,5)6)41-57(65(55)75)70(10,11)12)74(62)61-30-29-43(38-56(61)69(7,8)9)45-36-53-51-23-16-18-26-59(51)73-60-27-19-17-24-52(60)54(37-45)64(53)73;/h13-32,34-41,75H,1-12H3;/q-1;. The van der Waals surface area contributed by atoms with Gasteiger partial charge in [-0.3, -0.25) is 9.55 Å². The molecular weight excluding hydrogens is 1110 g/mol. The van der Waals surface area contributed by atoms with Gasteiger partial charge in [0.15, 0.2) is 0 Å². The van der Waals surface area contributed by atoms with E-state index in [1.807, 2.05) is 12.3 Å². The van der Waals surface area contributed by atoms with Crippen LogP contribution in [0.3, 0.4) is 0 Å². The molecule has 0 fully saturated rings. The van der Waals surface area contributed by atoms with Crippen molar-refractivity contribution in [3.63, 3.8) is 0 Å². The van der Waals surface area contributed by atoms with Crippen molar-refractivity contribution in [2.24, 2.45) is 0 Å². The summed E-state index contributed by atoms with van der Waals surface area (Å²) in [4.78, 5) is 10.7. The van der Waals surface area contributed by atoms with Gasteiger partial charge in [-0.25, -0.2) is 4.98 Å². The average Bonchev–Trinajstić information content (AvgIpc) is 4.07. The Morgan fingerprint density at radius 1 is 0.447 bits per heavy atom. The van der Waals surface area contributed by atoms with Gasteiger partial charge in [-0.15, -0.1) is 29.3 Å². The molecule has 0 saturated heterocycles. The molecule has 6 heteroatoms. The Labute approximate surface area is 461 Å². The molecule has 382 valence electrons. The Balaban J connectivity index is 0.00000616. The third kappa shape index (κ3) is 8.52. The average molecular weight is 1170 g/mol. The predicted molar refractivity (Wildman–Crippen MR) is 316 cm³/mol. The number of phenolic OH excluding ortho intramolecular Hbond substituents is 1. The van der Waals surface area contributed by atoms with E-state index in [0.717, 1.165) is 66.9 Å². The van der Waals surface area contributed by atoms with E-state index in [-0.39, 0.29) is 48.5 Å². The molecule has 0 spiro atoms. The molecule has 0 aliphatic carbocycles. The minimum absolute atomic E-state index is 0. The Kier molecular flexibility index (Phi) is 12.1. The van der Waals surface area contributed by atoms with E-state index in [1.54, 1.807) is 0 Å². The number of para-hydroxylation sites is 3. The molecule has 0 saturated carbocycles. The van der Waals surface area contributed by atoms with Crippen molar-refractivity contribution in [2.45, 2.75) is 105 Å². The second-order valence-corrected chi connectivity index (χ2v) is 24.9. The summed E-state index contributed by atoms with van der Waals surface area (Å²) in [7, 11) is 0. The fraction of sp³-hybridized carbons (Fsp3) is 0.229. The molecule has 8 aromatic carbocycles. The van der Waals surface area contributed by atoms with E-state index < -0.39 is 0 Å². The Morgan fingerprint density at radius 3 is 1.66 bits per heavy atom. The molecule has 12 rings (SSSR count). The molecule has 0 atom stereocenters. The maximum absolute atomic E-state index is 12.8. The number of nitrogens with zero attached hydrogens (tertiary/aromatic N) is 4. The fourth-order valence-electron chi connectivity index (χ4n) is 11.4. The first kappa shape index (κ1) is 50.8. The Bertz CT molecular complexity index is 4140. The first-order valence-electron chi connectivity index (χ1n) is 26.5. The topological polar surface area (TPSA) is 55.4 Å². The predicted octanol–water partition coefficient (Wildman–Crippen LogP) is 18.6. The molecule has 0 aliphatic heterocycles. The van der Waals surface area contributed by atoms with Crippen LogP contribution in [0.25, 0.3) is 111 Å². The first-order chi connectivity index (χ1) is 35.6. The van der Waals surface area contributed by atoms with Crippen molar-refractivity contribution >= 4 is 49.1 Å². The van der Waals surface area contributed by atoms with Crippen LogP contribution in [0.5, 0.6) is 5.75 Å². The molecule has 0 radical (unpaired) electrons. The minimum Gasteiger partial charge on any atom is -0.507 e. The number of pyridine rings is 1. The molecule has 4 heterocycles. The zero-order chi connectivity index (χ0) is 52.5. The fourth-order valence-corrected chi connectivity index (χ4v) is 11.4. The number of fused-ring (bicyclic) bond motifs is 7. The van der Waals surface area contributed by atoms with E-state index >= 15 is 0 Å². The van der Waals surface area contributed by atoms with Gasteiger partial charge in [-0.05, 0) is 110 Å². The quantitative estimate of drug-likeness (QED) is 0.169. The van der Waals surface area contributed by atoms with Crippen molar-refractivity contribution in [3.8, 4) is 67.5 Å². The summed E-state index contributed by atoms with van der Waals surface area (Å²) in [6.45, 7) is 26.9. The van der Waals surface area contributed by atoms with Gasteiger partial charge < -0.3 is 9.51 Å². The second kappa shape index (κ2) is 18.2. The van der Waals surface area contributed by atoms with Crippen LogP contribution < -0.4 is 0 Å². The molecule has 4 aromatic heterocycles. The Hall–Kier alpha value is -7.33. The number of imidazole rings is 1. The van der Waals surface area contributed by atoms with Gasteiger partial charge in [0.1, 0.15) is 11.6 Å². The van der Waals surface area contributed by atoms with Gasteiger partial charge in [-0.2, -0.15) is 0 Å². The summed E-state index contributed by atoms with van der Waals surface area (Å²) in [6.07, 6.45) is 1.90. The van der Waals surface area contributed by atoms with Crippen LogP contribution in [-0.4, -0.2) is 24.0 Å². The number of phenols is 1. The van der Waals surface area contributed by atoms with Gasteiger partial charge in [0.25, 0.3) is 0 Å². The minimum atomic E-state index is -0.348. The van der Waals surface area contributed by atoms with Crippen LogP contribution in [0.4, 0.5) is 0 Å². The third-order valence-electron chi connectivity index (χ3n) is 15.5. The SMILES string of the molecule is CC(C)(C)c1cc(-c2cc(-c3ccccc3)ccn2)[c-]c(-c2cccc3c2nc(-c2cc(C(C)(C)C)cc(C(C)(C)C)c2O)n3-c2ccc(-c3cc4c5ccccc5n5c6ccccc6c(c3)c45)cc2C(C)(C)C)c1.[Pt]. The molecule has 1 N–H and O–H groups in total. The molecule has 0 unspecified atom stereocenters. The maximum Gasteiger partial charge on any atom is 0.148 e. The summed E-state index contributed by atoms with van der Waals surface area (Å²) >= 11 is 0. The number of aromatic nitrogens is 4. The van der Waals surface area contributed by atoms with Crippen LogP contribution in [0.1, 0.15) is 105 Å². The smallest absolute Gasteiger partial charge is 0.148 e. The van der Waals surface area contributed by atoms with Gasteiger partial charge in [0, 0.05) is 60.1 Å². The molecule has 0 aliphatic rings. The van der Waals surface area contributed by atoms with E-state index in [9.17, 15) is 5.11 Å². The summed E-state index contributed by atoms with van der Waals surface area (Å²) in [6, 6.07) is 63.3. The van der Waals surface area contributed by atoms with Crippen molar-refractivity contribution in [1.82, 2.24) is 18.9 Å². The summed E-state index contributed by atoms with van der Waals surface area (Å²) in [5, 5.41) is 17.8. The number of benzene rings is 8. The van der Waals surface area contributed by atoms with Gasteiger partial charge in [0.2, 0.25) is 0 Å².